The Morgan fingerprint density at radius 2 is 1.52 bits per heavy atom. The van der Waals surface area contributed by atoms with Crippen LogP contribution in [0, 0.1) is 87.8 Å². The predicted molar refractivity (Wildman–Crippen MR) is 221 cm³/mol. The predicted octanol–water partition coefficient (Wildman–Crippen LogP) is 6.56. The second kappa shape index (κ2) is 30.7. The van der Waals surface area contributed by atoms with Crippen LogP contribution in [-0.2, 0) is 25.7 Å². The Hall–Kier alpha value is -2.39. The molecule has 12 nitrogen and oxygen atoms in total. The van der Waals surface area contributed by atoms with Crippen LogP contribution in [0.1, 0.15) is 109 Å². The van der Waals surface area contributed by atoms with Crippen LogP contribution in [0.15, 0.2) is 35.3 Å². The monoisotopic (exact) mass is 909 g/mol. The number of carbonyl (C=O) groups is 4. The van der Waals surface area contributed by atoms with E-state index in [9.17, 15) is 34.5 Å². The molecule has 0 aromatic heterocycles. The van der Waals surface area contributed by atoms with Gasteiger partial charge in [0, 0.05) is 32.0 Å². The average Bonchev–Trinajstić information content (AvgIpc) is 3.32. The zero-order chi connectivity index (χ0) is 37.9. The Bertz CT molecular complexity index is 1360. The number of nitrogens with zero attached hydrogens (tertiary/aromatic N) is 3. The number of nitrogens with one attached hydrogen (secondary N) is 2. The van der Waals surface area contributed by atoms with Crippen molar-refractivity contribution in [3.05, 3.63) is 69.8 Å². The van der Waals surface area contributed by atoms with Gasteiger partial charge in [-0.15, -0.1) is 5.56 Å². The third-order valence-corrected chi connectivity index (χ3v) is 10.5. The van der Waals surface area contributed by atoms with Crippen molar-refractivity contribution in [3.63, 3.8) is 0 Å². The topological polar surface area (TPSA) is 172 Å². The number of benzene rings is 1. The Balaban J connectivity index is 0. The maximum absolute atomic E-state index is 13.4. The molecule has 1 aromatic rings. The molecule has 314 valence electrons. The van der Waals surface area contributed by atoms with Crippen LogP contribution in [0.4, 0.5) is 0 Å². The number of rotatable bonds is 14. The number of carbonyl (C=O) groups excluding carboxylic acids is 1. The molecule has 2 aliphatic heterocycles. The van der Waals surface area contributed by atoms with Crippen molar-refractivity contribution in [2.24, 2.45) is 22.7 Å². The summed E-state index contributed by atoms with van der Waals surface area (Å²) >= 11 is 0. The zero-order valence-electron chi connectivity index (χ0n) is 35.0. The first-order valence-corrected chi connectivity index (χ1v) is 19.3. The van der Waals surface area contributed by atoms with Gasteiger partial charge in [-0.3, -0.25) is 34.0 Å². The molecule has 3 rings (SSSR count). The molecule has 13 heteroatoms. The number of carboxylic acid groups (broad SMARTS) is 3. The smallest absolute Gasteiger partial charge is 0.481 e. The van der Waals surface area contributed by atoms with E-state index >= 15 is 0 Å². The maximum Gasteiger partial charge on any atom is 4.00 e. The largest absolute Gasteiger partial charge is 4.00 e. The molecule has 1 saturated heterocycles. The van der Waals surface area contributed by atoms with Gasteiger partial charge in [0.1, 0.15) is 0 Å². The summed E-state index contributed by atoms with van der Waals surface area (Å²) in [5.41, 5.74) is 1.82. The van der Waals surface area contributed by atoms with E-state index in [1.165, 1.54) is 0 Å². The number of aliphatic carboxylic acids is 3. The third-order valence-electron chi connectivity index (χ3n) is 10.5. The molecule has 0 aliphatic carbocycles. The summed E-state index contributed by atoms with van der Waals surface area (Å²) in [6.45, 7) is 8.73. The van der Waals surface area contributed by atoms with Crippen molar-refractivity contribution >= 4 is 29.7 Å². The van der Waals surface area contributed by atoms with Crippen LogP contribution in [0.25, 0.3) is 0 Å². The van der Waals surface area contributed by atoms with Gasteiger partial charge < -0.3 is 48.2 Å². The fourth-order valence-electron chi connectivity index (χ4n) is 7.29. The second-order valence-corrected chi connectivity index (χ2v) is 14.7. The molecule has 56 heavy (non-hydrogen) atoms. The molecule has 0 radical (unpaired) electrons. The molecule has 5 atom stereocenters. The van der Waals surface area contributed by atoms with Crippen molar-refractivity contribution in [2.75, 3.05) is 39.3 Å². The van der Waals surface area contributed by atoms with E-state index in [4.69, 9.17) is 4.99 Å². The van der Waals surface area contributed by atoms with Gasteiger partial charge in [0.2, 0.25) is 5.91 Å². The Kier molecular flexibility index (Phi) is 30.5. The number of hydrogen-bond acceptors (Lipinski definition) is 8. The number of carboxylic acids is 3. The molecular weight excluding hydrogens is 839 g/mol. The summed E-state index contributed by atoms with van der Waals surface area (Å²) in [4.78, 5) is 57.1. The van der Waals surface area contributed by atoms with Gasteiger partial charge in [0.05, 0.1) is 25.0 Å². The summed E-state index contributed by atoms with van der Waals surface area (Å²) in [6.07, 6.45) is 12.6. The van der Waals surface area contributed by atoms with Gasteiger partial charge in [0.15, 0.2) is 0 Å². The maximum atomic E-state index is 13.4. The van der Waals surface area contributed by atoms with Crippen LogP contribution >= 0.6 is 0 Å². The Morgan fingerprint density at radius 1 is 0.839 bits per heavy atom. The fourth-order valence-corrected chi connectivity index (χ4v) is 7.29. The number of aliphatic imine (C=N–C) groups is 1. The third kappa shape index (κ3) is 21.9. The molecule has 2 heterocycles. The van der Waals surface area contributed by atoms with E-state index in [1.807, 2.05) is 28.0 Å². The van der Waals surface area contributed by atoms with E-state index < -0.39 is 17.9 Å². The minimum atomic E-state index is -0.930. The van der Waals surface area contributed by atoms with Crippen molar-refractivity contribution < 1.29 is 76.2 Å². The average molecular weight is 910 g/mol. The first kappa shape index (κ1) is 55.7. The number of amides is 1. The van der Waals surface area contributed by atoms with Gasteiger partial charge in [-0.1, -0.05) is 57.7 Å². The quantitative estimate of drug-likeness (QED) is 0.102. The van der Waals surface area contributed by atoms with E-state index in [1.54, 1.807) is 0 Å². The first-order valence-electron chi connectivity index (χ1n) is 19.3. The van der Waals surface area contributed by atoms with Gasteiger partial charge in [-0.25, -0.2) is 0 Å². The van der Waals surface area contributed by atoms with Crippen LogP contribution in [-0.4, -0.2) is 106 Å². The Morgan fingerprint density at radius 3 is 2.16 bits per heavy atom. The minimum Gasteiger partial charge on any atom is -0.481 e. The summed E-state index contributed by atoms with van der Waals surface area (Å²) in [5.74, 6) is -1.47. The van der Waals surface area contributed by atoms with Crippen molar-refractivity contribution in [1.82, 2.24) is 20.4 Å². The van der Waals surface area contributed by atoms with Crippen LogP contribution in [0.3, 0.4) is 0 Å². The number of hydrogen-bond donors (Lipinski definition) is 5. The van der Waals surface area contributed by atoms with Gasteiger partial charge in [0.25, 0.3) is 0 Å². The summed E-state index contributed by atoms with van der Waals surface area (Å²) < 4.78 is 0. The molecule has 1 aromatic carbocycles. The molecular formula is C43H71CeN5O7. The molecule has 5 unspecified atom stereocenters. The molecule has 2 aliphatic rings. The Labute approximate surface area is 372 Å². The number of amidine groups is 1. The van der Waals surface area contributed by atoms with E-state index in [0.717, 1.165) is 68.3 Å². The molecule has 5 N–H and O–H groups in total. The molecule has 0 saturated carbocycles. The van der Waals surface area contributed by atoms with Crippen LogP contribution < -0.4 is 10.6 Å². The van der Waals surface area contributed by atoms with E-state index in [0.29, 0.717) is 45.6 Å². The summed E-state index contributed by atoms with van der Waals surface area (Å²) in [7, 11) is 0. The molecule has 1 fully saturated rings. The minimum absolute atomic E-state index is 0. The van der Waals surface area contributed by atoms with Crippen LogP contribution in [0.5, 0.6) is 0 Å². The summed E-state index contributed by atoms with van der Waals surface area (Å²) in [5, 5.41) is 35.2. The van der Waals surface area contributed by atoms with Gasteiger partial charge in [-0.2, -0.15) is 24.3 Å². The summed E-state index contributed by atoms with van der Waals surface area (Å²) in [6, 6.07) is 9.28. The first-order chi connectivity index (χ1) is 24.9. The van der Waals surface area contributed by atoms with Gasteiger partial charge >= 0.3 is 59.7 Å². The standard InChI is InChI=1S/C40H62N5O7.3CH3.Ce/c1-4-34-16-17-35(5-2)43-40(42-34)33-14-8-12-31(24-33)26-41-36(46)27-44-20-9-13-30(25-38(49)50)11-7-6-10-29(3)32(15-18-37(47)48)19-21-45(23-22-44)28-39(51)52;;;;/h12,14,16-17,24,29-30,32,34-35H,4-7,9-11,13,15,18-23,25-28H2,1-3H3,(H,41,46)(H,42,43)(H,47,48)(H,49,50)(H,51,52);3*1H3;/q4*-1;+4. The fraction of sp³-hybridized carbons (Fsp3) is 0.628. The van der Waals surface area contributed by atoms with Crippen molar-refractivity contribution in [3.8, 4) is 0 Å². The molecule has 0 bridgehead atoms. The van der Waals surface area contributed by atoms with Crippen LogP contribution in [0.2, 0.25) is 0 Å². The second-order valence-electron chi connectivity index (χ2n) is 14.7. The normalized spacial score (nSPS) is 22.8. The zero-order valence-corrected chi connectivity index (χ0v) is 38.2. The molecule has 1 amide bonds. The van der Waals surface area contributed by atoms with Crippen molar-refractivity contribution in [1.29, 1.82) is 0 Å². The SMILES string of the molecule is CCC1C=CC(CC)NC(c2c[c-]cc(CNC(=O)CN3CCCC(CC(=O)O)CCCCC(C)C(CCC(=O)O)CCN(CC(=O)O)CC3)c2)=N1.[CH3-].[CH3-].[CH3-].[Ce+4]. The van der Waals surface area contributed by atoms with E-state index in [-0.39, 0.29) is 126 Å². The van der Waals surface area contributed by atoms with Gasteiger partial charge in [-0.05, 0) is 82.3 Å². The van der Waals surface area contributed by atoms with E-state index in [2.05, 4.69) is 49.6 Å². The molecule has 0 spiro atoms. The van der Waals surface area contributed by atoms with Crippen molar-refractivity contribution in [2.45, 2.75) is 116 Å².